The van der Waals surface area contributed by atoms with Gasteiger partial charge in [0.05, 0.1) is 12.7 Å². The molecule has 1 fully saturated rings. The van der Waals surface area contributed by atoms with E-state index in [4.69, 9.17) is 9.47 Å². The van der Waals surface area contributed by atoms with Crippen molar-refractivity contribution in [1.82, 2.24) is 0 Å². The van der Waals surface area contributed by atoms with Crippen molar-refractivity contribution in [3.63, 3.8) is 0 Å². The zero-order valence-electron chi connectivity index (χ0n) is 14.2. The van der Waals surface area contributed by atoms with Crippen molar-refractivity contribution in [2.24, 2.45) is 0 Å². The monoisotopic (exact) mass is 288 g/mol. The fourth-order valence-corrected chi connectivity index (χ4v) is 3.75. The van der Waals surface area contributed by atoms with Crippen LogP contribution < -0.4 is 0 Å². The lowest BCUT2D eigenvalue weighted by molar-refractivity contribution is -0.159. The maximum absolute atomic E-state index is 6.02. The topological polar surface area (TPSA) is 18.5 Å². The van der Waals surface area contributed by atoms with Crippen LogP contribution in [0.3, 0.4) is 0 Å². The highest BCUT2D eigenvalue weighted by Crippen LogP contribution is 2.47. The van der Waals surface area contributed by atoms with Crippen molar-refractivity contribution in [3.05, 3.63) is 34.9 Å². The van der Waals surface area contributed by atoms with Crippen molar-refractivity contribution >= 4 is 0 Å². The largest absolute Gasteiger partial charge is 0.343 e. The van der Waals surface area contributed by atoms with Crippen LogP contribution >= 0.6 is 0 Å². The van der Waals surface area contributed by atoms with E-state index in [2.05, 4.69) is 52.8 Å². The molecule has 2 aliphatic rings. The maximum atomic E-state index is 6.02. The number of hydrogen-bond donors (Lipinski definition) is 0. The summed E-state index contributed by atoms with van der Waals surface area (Å²) in [7, 11) is 0. The Kier molecular flexibility index (Phi) is 3.27. The summed E-state index contributed by atoms with van der Waals surface area (Å²) in [6.07, 6.45) is 2.63. The van der Waals surface area contributed by atoms with Crippen molar-refractivity contribution in [3.8, 4) is 0 Å². The molecule has 21 heavy (non-hydrogen) atoms. The highest BCUT2D eigenvalue weighted by molar-refractivity contribution is 5.44. The molecule has 0 aromatic heterocycles. The molecule has 1 aromatic rings. The van der Waals surface area contributed by atoms with E-state index in [1.165, 1.54) is 24.0 Å². The molecule has 1 aromatic carbocycles. The van der Waals surface area contributed by atoms with Gasteiger partial charge in [0.2, 0.25) is 0 Å². The predicted octanol–water partition coefficient (Wildman–Crippen LogP) is 4.64. The van der Waals surface area contributed by atoms with Crippen LogP contribution in [-0.4, -0.2) is 12.7 Å². The first kappa shape index (κ1) is 15.1. The van der Waals surface area contributed by atoms with E-state index in [0.29, 0.717) is 6.61 Å². The fraction of sp³-hybridized carbons (Fsp3) is 0.684. The van der Waals surface area contributed by atoms with Gasteiger partial charge >= 0.3 is 0 Å². The van der Waals surface area contributed by atoms with Gasteiger partial charge in [0.25, 0.3) is 0 Å². The lowest BCUT2D eigenvalue weighted by atomic mass is 9.63. The van der Waals surface area contributed by atoms with Crippen molar-refractivity contribution < 1.29 is 9.47 Å². The molecule has 0 spiro atoms. The Bertz CT molecular complexity index is 559. The summed E-state index contributed by atoms with van der Waals surface area (Å²) < 4.78 is 12.0. The van der Waals surface area contributed by atoms with Gasteiger partial charge in [-0.05, 0) is 54.7 Å². The Labute approximate surface area is 128 Å². The van der Waals surface area contributed by atoms with E-state index in [9.17, 15) is 0 Å². The second-order valence-electron chi connectivity index (χ2n) is 8.21. The van der Waals surface area contributed by atoms with Crippen LogP contribution in [0, 0.1) is 0 Å². The van der Waals surface area contributed by atoms with E-state index in [1.54, 1.807) is 0 Å². The van der Waals surface area contributed by atoms with Gasteiger partial charge in [0.1, 0.15) is 0 Å². The van der Waals surface area contributed by atoms with Gasteiger partial charge in [-0.2, -0.15) is 0 Å². The van der Waals surface area contributed by atoms with Crippen molar-refractivity contribution in [2.75, 3.05) is 6.61 Å². The van der Waals surface area contributed by atoms with Crippen LogP contribution in [0.5, 0.6) is 0 Å². The molecule has 1 unspecified atom stereocenters. The lowest BCUT2D eigenvalue weighted by Crippen LogP contribution is -2.35. The summed E-state index contributed by atoms with van der Waals surface area (Å²) in [5, 5.41) is 0. The Balaban J connectivity index is 2.08. The Morgan fingerprint density at radius 1 is 0.952 bits per heavy atom. The maximum Gasteiger partial charge on any atom is 0.192 e. The third-order valence-corrected chi connectivity index (χ3v) is 5.40. The summed E-state index contributed by atoms with van der Waals surface area (Å²) in [5.41, 5.74) is 4.58. The highest BCUT2D eigenvalue weighted by Gasteiger charge is 2.41. The molecular formula is C19H28O2. The average molecular weight is 288 g/mol. The van der Waals surface area contributed by atoms with Gasteiger partial charge in [0, 0.05) is 5.56 Å². The van der Waals surface area contributed by atoms with E-state index in [-0.39, 0.29) is 16.9 Å². The summed E-state index contributed by atoms with van der Waals surface area (Å²) in [4.78, 5) is 0. The number of benzene rings is 1. The third-order valence-electron chi connectivity index (χ3n) is 5.40. The van der Waals surface area contributed by atoms with E-state index in [0.717, 1.165) is 5.56 Å². The van der Waals surface area contributed by atoms with E-state index < -0.39 is 5.79 Å². The van der Waals surface area contributed by atoms with Crippen LogP contribution in [-0.2, 0) is 26.1 Å². The second-order valence-corrected chi connectivity index (χ2v) is 8.21. The third kappa shape index (κ3) is 2.43. The van der Waals surface area contributed by atoms with E-state index in [1.807, 2.05) is 6.92 Å². The van der Waals surface area contributed by atoms with Gasteiger partial charge < -0.3 is 9.47 Å². The summed E-state index contributed by atoms with van der Waals surface area (Å²) in [5.74, 6) is -0.591. The Hall–Kier alpha value is -0.860. The summed E-state index contributed by atoms with van der Waals surface area (Å²) in [6.45, 7) is 14.2. The molecule has 116 valence electrons. The number of hydrogen-bond acceptors (Lipinski definition) is 2. The molecule has 0 saturated carbocycles. The molecule has 0 amide bonds. The lowest BCUT2D eigenvalue weighted by Gasteiger charge is -2.42. The molecule has 3 rings (SSSR count). The Morgan fingerprint density at radius 3 is 2.14 bits per heavy atom. The SMILES string of the molecule is C[C@@H]1COC(C)(c2ccc3c(c2)C(C)(C)CCC3(C)C)O1. The standard InChI is InChI=1S/C19H28O2/c1-13-12-20-19(6,21-13)14-7-8-15-16(11-14)18(4,5)10-9-17(15,2)3/h7-8,11,13H,9-10,12H2,1-6H3/t13-,19?/m1/s1. The zero-order valence-corrected chi connectivity index (χ0v) is 14.2. The molecule has 0 radical (unpaired) electrons. The van der Waals surface area contributed by atoms with Gasteiger partial charge in [-0.15, -0.1) is 0 Å². The molecule has 0 bridgehead atoms. The molecule has 1 saturated heterocycles. The molecule has 0 N–H and O–H groups in total. The molecule has 2 atom stereocenters. The molecular weight excluding hydrogens is 260 g/mol. The average Bonchev–Trinajstić information content (AvgIpc) is 2.76. The number of fused-ring (bicyclic) bond motifs is 1. The van der Waals surface area contributed by atoms with E-state index >= 15 is 0 Å². The van der Waals surface area contributed by atoms with Crippen LogP contribution in [0.15, 0.2) is 18.2 Å². The fourth-order valence-electron chi connectivity index (χ4n) is 3.75. The smallest absolute Gasteiger partial charge is 0.192 e. The first-order chi connectivity index (χ1) is 9.64. The first-order valence-electron chi connectivity index (χ1n) is 8.11. The van der Waals surface area contributed by atoms with Crippen LogP contribution in [0.4, 0.5) is 0 Å². The molecule has 2 heteroatoms. The minimum Gasteiger partial charge on any atom is -0.343 e. The second kappa shape index (κ2) is 4.57. The van der Waals surface area contributed by atoms with Crippen molar-refractivity contribution in [2.45, 2.75) is 77.1 Å². The van der Waals surface area contributed by atoms with Gasteiger partial charge in [0.15, 0.2) is 5.79 Å². The minimum atomic E-state index is -0.591. The summed E-state index contributed by atoms with van der Waals surface area (Å²) >= 11 is 0. The predicted molar refractivity (Wildman–Crippen MR) is 85.6 cm³/mol. The van der Waals surface area contributed by atoms with Crippen LogP contribution in [0.2, 0.25) is 0 Å². The van der Waals surface area contributed by atoms with Gasteiger partial charge in [-0.1, -0.05) is 39.8 Å². The first-order valence-corrected chi connectivity index (χ1v) is 8.11. The molecule has 1 aliphatic heterocycles. The van der Waals surface area contributed by atoms with Gasteiger partial charge in [-0.25, -0.2) is 0 Å². The molecule has 1 aliphatic carbocycles. The number of rotatable bonds is 1. The van der Waals surface area contributed by atoms with Crippen LogP contribution in [0.1, 0.15) is 71.1 Å². The highest BCUT2D eigenvalue weighted by atomic mass is 16.7. The van der Waals surface area contributed by atoms with Gasteiger partial charge in [-0.3, -0.25) is 0 Å². The quantitative estimate of drug-likeness (QED) is 0.749. The van der Waals surface area contributed by atoms with Crippen molar-refractivity contribution in [1.29, 1.82) is 0 Å². The summed E-state index contributed by atoms with van der Waals surface area (Å²) in [6, 6.07) is 6.82. The normalized spacial score (nSPS) is 33.7. The minimum absolute atomic E-state index is 0.162. The number of ether oxygens (including phenoxy) is 2. The van der Waals surface area contributed by atoms with Crippen LogP contribution in [0.25, 0.3) is 0 Å². The molecule has 1 heterocycles. The molecule has 2 nitrogen and oxygen atoms in total. The Morgan fingerprint density at radius 2 is 1.57 bits per heavy atom. The zero-order chi connectivity index (χ0) is 15.5.